The van der Waals surface area contributed by atoms with Crippen LogP contribution in [0.3, 0.4) is 0 Å². The summed E-state index contributed by atoms with van der Waals surface area (Å²) >= 11 is 0. The van der Waals surface area contributed by atoms with Crippen LogP contribution in [-0.2, 0) is 28.8 Å². The first kappa shape index (κ1) is 30.5. The van der Waals surface area contributed by atoms with Crippen molar-refractivity contribution in [3.8, 4) is 0 Å². The third-order valence-corrected chi connectivity index (χ3v) is 7.74. The zero-order chi connectivity index (χ0) is 30.6. The number of nitrogens with zero attached hydrogens (tertiary/aromatic N) is 1. The van der Waals surface area contributed by atoms with Gasteiger partial charge >= 0.3 is 6.18 Å². The van der Waals surface area contributed by atoms with E-state index in [9.17, 15) is 28.2 Å². The molecule has 1 amide bonds. The van der Waals surface area contributed by atoms with Gasteiger partial charge < -0.3 is 20.5 Å². The molecular weight excluding hydrogens is 559 g/mol. The van der Waals surface area contributed by atoms with Crippen LogP contribution >= 0.6 is 0 Å². The molecule has 10 heteroatoms. The monoisotopic (exact) mass is 593 g/mol. The van der Waals surface area contributed by atoms with E-state index in [2.05, 4.69) is 10.3 Å². The van der Waals surface area contributed by atoms with Gasteiger partial charge in [-0.25, -0.2) is 0 Å². The molecule has 3 aromatic carbocycles. The number of aliphatic hydroxyl groups is 2. The summed E-state index contributed by atoms with van der Waals surface area (Å²) in [6.45, 7) is 1.87. The average molecular weight is 594 g/mol. The molecule has 0 aliphatic carbocycles. The Morgan fingerprint density at radius 3 is 2.33 bits per heavy atom. The highest BCUT2D eigenvalue weighted by Gasteiger charge is 2.48. The van der Waals surface area contributed by atoms with Gasteiger partial charge in [-0.1, -0.05) is 66.7 Å². The second-order valence-corrected chi connectivity index (χ2v) is 10.8. The van der Waals surface area contributed by atoms with Crippen LogP contribution in [0.4, 0.5) is 13.2 Å². The third-order valence-electron chi connectivity index (χ3n) is 7.74. The van der Waals surface area contributed by atoms with Crippen LogP contribution in [-0.4, -0.2) is 57.6 Å². The molecule has 0 saturated carbocycles. The number of hydroxylamine groups is 2. The van der Waals surface area contributed by atoms with E-state index in [4.69, 9.17) is 4.84 Å². The van der Waals surface area contributed by atoms with Crippen LogP contribution in [0.25, 0.3) is 23.1 Å². The first-order valence-corrected chi connectivity index (χ1v) is 14.1. The lowest BCUT2D eigenvalue weighted by molar-refractivity contribution is -0.192. The highest BCUT2D eigenvalue weighted by molar-refractivity contribution is 5.84. The van der Waals surface area contributed by atoms with Gasteiger partial charge in [-0.3, -0.25) is 9.63 Å². The van der Waals surface area contributed by atoms with Crippen LogP contribution in [0.15, 0.2) is 79.0 Å². The number of aromatic nitrogens is 1. The summed E-state index contributed by atoms with van der Waals surface area (Å²) in [4.78, 5) is 22.7. The Morgan fingerprint density at radius 1 is 1.05 bits per heavy atom. The molecule has 43 heavy (non-hydrogen) atoms. The van der Waals surface area contributed by atoms with Crippen LogP contribution in [0, 0.1) is 5.92 Å². The number of hydrogen-bond acceptors (Lipinski definition) is 5. The predicted molar refractivity (Wildman–Crippen MR) is 158 cm³/mol. The maximum atomic E-state index is 13.4. The molecule has 7 nitrogen and oxygen atoms in total. The second-order valence-electron chi connectivity index (χ2n) is 10.8. The quantitative estimate of drug-likeness (QED) is 0.190. The summed E-state index contributed by atoms with van der Waals surface area (Å²) in [7, 11) is 0. The molecule has 4 atom stereocenters. The zero-order valence-electron chi connectivity index (χ0n) is 23.6. The number of amides is 1. The normalized spacial score (nSPS) is 20.2. The van der Waals surface area contributed by atoms with Crippen molar-refractivity contribution in [2.45, 2.75) is 44.3 Å². The van der Waals surface area contributed by atoms with E-state index in [0.717, 1.165) is 39.7 Å². The fourth-order valence-electron chi connectivity index (χ4n) is 5.46. The van der Waals surface area contributed by atoms with Crippen molar-refractivity contribution in [1.82, 2.24) is 15.4 Å². The summed E-state index contributed by atoms with van der Waals surface area (Å²) < 4.78 is 38.4. The minimum absolute atomic E-state index is 0.239. The van der Waals surface area contributed by atoms with Gasteiger partial charge in [-0.15, -0.1) is 0 Å². The van der Waals surface area contributed by atoms with Gasteiger partial charge in [0.15, 0.2) is 0 Å². The van der Waals surface area contributed by atoms with E-state index in [1.165, 1.54) is 17.2 Å². The number of H-pyrrole nitrogens is 1. The van der Waals surface area contributed by atoms with Crippen LogP contribution < -0.4 is 5.32 Å². The number of aromatic amines is 1. The van der Waals surface area contributed by atoms with Crippen molar-refractivity contribution >= 4 is 29.0 Å². The molecule has 4 aromatic rings. The van der Waals surface area contributed by atoms with Gasteiger partial charge in [-0.05, 0) is 53.8 Å². The van der Waals surface area contributed by atoms with Crippen molar-refractivity contribution in [1.29, 1.82) is 0 Å². The molecule has 0 radical (unpaired) electrons. The van der Waals surface area contributed by atoms with E-state index < -0.39 is 35.9 Å². The number of aliphatic hydroxyl groups excluding tert-OH is 2. The van der Waals surface area contributed by atoms with Gasteiger partial charge in [0.1, 0.15) is 12.1 Å². The number of carbonyl (C=O) groups is 1. The number of carbonyl (C=O) groups excluding carboxylic acids is 1. The Labute approximate surface area is 247 Å². The van der Waals surface area contributed by atoms with Crippen molar-refractivity contribution in [2.75, 3.05) is 13.2 Å². The Kier molecular flexibility index (Phi) is 9.31. The molecule has 0 bridgehead atoms. The second kappa shape index (κ2) is 13.1. The molecule has 1 fully saturated rings. The Morgan fingerprint density at radius 2 is 1.70 bits per heavy atom. The van der Waals surface area contributed by atoms with E-state index >= 15 is 0 Å². The zero-order valence-corrected chi connectivity index (χ0v) is 23.6. The SMILES string of the molecule is C[C@H](O)[C@H]1ON(Cc2ccc(C=Cc3ccc(C(F)(F)F)cc3)cc2)[C@@H](C(=O)NCCc2c[nH]c3ccccc23)[C@H]1CO. The van der Waals surface area contributed by atoms with E-state index in [1.54, 1.807) is 19.1 Å². The molecule has 1 aliphatic rings. The molecule has 2 heterocycles. The molecular formula is C33H34F3N3O4. The number of rotatable bonds is 10. The van der Waals surface area contributed by atoms with E-state index in [1.807, 2.05) is 54.7 Å². The summed E-state index contributed by atoms with van der Waals surface area (Å²) in [6.07, 6.45) is 0.0593. The van der Waals surface area contributed by atoms with Crippen molar-refractivity contribution < 1.29 is 33.0 Å². The predicted octanol–water partition coefficient (Wildman–Crippen LogP) is 5.19. The van der Waals surface area contributed by atoms with Crippen LogP contribution in [0.5, 0.6) is 0 Å². The molecule has 1 aliphatic heterocycles. The summed E-state index contributed by atoms with van der Waals surface area (Å²) in [5.41, 5.74) is 3.74. The van der Waals surface area contributed by atoms with Crippen LogP contribution in [0.1, 0.15) is 34.7 Å². The lowest BCUT2D eigenvalue weighted by Crippen LogP contribution is -2.48. The maximum Gasteiger partial charge on any atom is 0.416 e. The largest absolute Gasteiger partial charge is 0.416 e. The number of fused-ring (bicyclic) bond motifs is 1. The molecule has 1 aromatic heterocycles. The lowest BCUT2D eigenvalue weighted by Gasteiger charge is -2.24. The Hall–Kier alpha value is -3.96. The molecule has 226 valence electrons. The molecule has 5 rings (SSSR count). The van der Waals surface area contributed by atoms with Gasteiger partial charge in [0, 0.05) is 29.6 Å². The highest BCUT2D eigenvalue weighted by Crippen LogP contribution is 2.32. The smallest absolute Gasteiger partial charge is 0.396 e. The van der Waals surface area contributed by atoms with Gasteiger partial charge in [0.2, 0.25) is 5.91 Å². The molecule has 1 saturated heterocycles. The van der Waals surface area contributed by atoms with Crippen molar-refractivity contribution in [3.63, 3.8) is 0 Å². The molecule has 4 N–H and O–H groups in total. The van der Waals surface area contributed by atoms with E-state index in [-0.39, 0.29) is 19.1 Å². The number of halogens is 3. The first-order chi connectivity index (χ1) is 20.6. The Balaban J connectivity index is 1.24. The van der Waals surface area contributed by atoms with Gasteiger partial charge in [0.05, 0.1) is 24.8 Å². The summed E-state index contributed by atoms with van der Waals surface area (Å²) in [6, 6.07) is 19.5. The number of nitrogens with one attached hydrogen (secondary N) is 2. The number of alkyl halides is 3. The van der Waals surface area contributed by atoms with Gasteiger partial charge in [-0.2, -0.15) is 18.2 Å². The van der Waals surface area contributed by atoms with Crippen LogP contribution in [0.2, 0.25) is 0 Å². The minimum Gasteiger partial charge on any atom is -0.396 e. The lowest BCUT2D eigenvalue weighted by atomic mass is 9.92. The molecule has 0 spiro atoms. The summed E-state index contributed by atoms with van der Waals surface area (Å²) in [5, 5.41) is 26.1. The topological polar surface area (TPSA) is 97.8 Å². The van der Waals surface area contributed by atoms with Gasteiger partial charge in [0.25, 0.3) is 0 Å². The minimum atomic E-state index is -4.37. The maximum absolute atomic E-state index is 13.4. The number of para-hydroxylation sites is 1. The average Bonchev–Trinajstić information content (AvgIpc) is 3.58. The first-order valence-electron chi connectivity index (χ1n) is 14.1. The van der Waals surface area contributed by atoms with Crippen molar-refractivity contribution in [2.24, 2.45) is 5.92 Å². The number of hydrogen-bond donors (Lipinski definition) is 4. The fourth-order valence-corrected chi connectivity index (χ4v) is 5.46. The summed E-state index contributed by atoms with van der Waals surface area (Å²) in [5.74, 6) is -0.919. The Bertz CT molecular complexity index is 1550. The molecule has 0 unspecified atom stereocenters. The van der Waals surface area contributed by atoms with Crippen molar-refractivity contribution in [3.05, 3.63) is 107 Å². The number of benzene rings is 3. The fraction of sp³-hybridized carbons (Fsp3) is 0.303. The highest BCUT2D eigenvalue weighted by atomic mass is 19.4. The standard InChI is InChI=1S/C33H34F3N3O4/c1-21(41)31-28(20-40)30(32(42)37-17-16-25-18-38-29-5-3-2-4-27(25)29)39(43-31)19-24-10-8-22(9-11-24)6-7-23-12-14-26(15-13-23)33(34,35)36/h2-15,18,21,28,30-31,38,40-41H,16-17,19-20H2,1H3,(H,37,42)/t21-,28+,30+,31+/m0/s1. The third kappa shape index (κ3) is 7.17. The van der Waals surface area contributed by atoms with E-state index in [0.29, 0.717) is 18.5 Å².